The molecule has 1 N–H and O–H groups in total. The lowest BCUT2D eigenvalue weighted by Crippen LogP contribution is -2.30. The number of hydrogen-bond acceptors (Lipinski definition) is 5. The fourth-order valence-corrected chi connectivity index (χ4v) is 4.19. The van der Waals surface area contributed by atoms with Crippen LogP contribution in [0, 0.1) is 5.92 Å². The summed E-state index contributed by atoms with van der Waals surface area (Å²) in [6.45, 7) is 2.21. The minimum atomic E-state index is -0.0180. The normalized spacial score (nSPS) is 16.5. The Hall–Kier alpha value is -2.31. The van der Waals surface area contributed by atoms with E-state index in [1.54, 1.807) is 11.8 Å². The summed E-state index contributed by atoms with van der Waals surface area (Å²) < 4.78 is 10.7. The monoisotopic (exact) mass is 396 g/mol. The Morgan fingerprint density at radius 1 is 1.14 bits per heavy atom. The van der Waals surface area contributed by atoms with Crippen LogP contribution in [0.1, 0.15) is 23.4 Å². The molecule has 1 unspecified atom stereocenters. The van der Waals surface area contributed by atoms with E-state index in [4.69, 9.17) is 9.26 Å². The maximum atomic E-state index is 12.0. The van der Waals surface area contributed by atoms with Gasteiger partial charge in [0.1, 0.15) is 5.76 Å². The zero-order valence-electron chi connectivity index (χ0n) is 15.7. The van der Waals surface area contributed by atoms with Crippen molar-refractivity contribution in [2.75, 3.05) is 19.8 Å². The van der Waals surface area contributed by atoms with Gasteiger partial charge in [-0.2, -0.15) is 0 Å². The molecule has 0 radical (unpaired) electrons. The Morgan fingerprint density at radius 2 is 2.04 bits per heavy atom. The van der Waals surface area contributed by atoms with E-state index in [9.17, 15) is 4.79 Å². The molecule has 0 bridgehead atoms. The lowest BCUT2D eigenvalue weighted by Gasteiger charge is -2.08. The summed E-state index contributed by atoms with van der Waals surface area (Å²) in [4.78, 5) is 12.0. The second-order valence-corrected chi connectivity index (χ2v) is 8.15. The molecule has 0 saturated carbocycles. The van der Waals surface area contributed by atoms with Crippen LogP contribution in [0.5, 0.6) is 0 Å². The van der Waals surface area contributed by atoms with E-state index in [0.717, 1.165) is 36.9 Å². The second-order valence-electron chi connectivity index (χ2n) is 7.17. The molecule has 146 valence electrons. The largest absolute Gasteiger partial charge is 0.381 e. The lowest BCUT2D eigenvalue weighted by atomic mass is 10.1. The van der Waals surface area contributed by atoms with Gasteiger partial charge in [0.25, 0.3) is 0 Å². The standard InChI is InChI=1S/C22H24N2O3S/c25-22(23-12-17-7-8-26-13-17)11-20-10-21(27-24-20)15-28-14-16-5-6-18-3-1-2-4-19(18)9-16/h1-6,9-10,17H,7-8,11-15H2,(H,23,25). The smallest absolute Gasteiger partial charge is 0.226 e. The van der Waals surface area contributed by atoms with Crippen LogP contribution in [0.4, 0.5) is 0 Å². The van der Waals surface area contributed by atoms with Crippen LogP contribution in [-0.2, 0) is 27.5 Å². The first-order valence-corrected chi connectivity index (χ1v) is 10.8. The van der Waals surface area contributed by atoms with E-state index < -0.39 is 0 Å². The number of hydrogen-bond donors (Lipinski definition) is 1. The fraction of sp³-hybridized carbons (Fsp3) is 0.364. The van der Waals surface area contributed by atoms with Crippen LogP contribution in [0.3, 0.4) is 0 Å². The number of nitrogens with zero attached hydrogens (tertiary/aromatic N) is 1. The van der Waals surface area contributed by atoms with Crippen LogP contribution in [0.25, 0.3) is 10.8 Å². The molecule has 4 rings (SSSR count). The maximum absolute atomic E-state index is 12.0. The summed E-state index contributed by atoms with van der Waals surface area (Å²) in [5.41, 5.74) is 1.97. The van der Waals surface area contributed by atoms with E-state index in [1.807, 2.05) is 6.07 Å². The average molecular weight is 397 g/mol. The van der Waals surface area contributed by atoms with Gasteiger partial charge in [0.15, 0.2) is 0 Å². The number of nitrogens with one attached hydrogen (secondary N) is 1. The molecule has 6 heteroatoms. The molecule has 0 spiro atoms. The van der Waals surface area contributed by atoms with E-state index in [1.165, 1.54) is 16.3 Å². The van der Waals surface area contributed by atoms with Gasteiger partial charge in [-0.25, -0.2) is 0 Å². The van der Waals surface area contributed by atoms with Gasteiger partial charge in [-0.3, -0.25) is 4.79 Å². The molecule has 28 heavy (non-hydrogen) atoms. The summed E-state index contributed by atoms with van der Waals surface area (Å²) in [6, 6.07) is 16.8. The van der Waals surface area contributed by atoms with Crippen molar-refractivity contribution in [2.24, 2.45) is 5.92 Å². The lowest BCUT2D eigenvalue weighted by molar-refractivity contribution is -0.120. The number of aromatic nitrogens is 1. The van der Waals surface area contributed by atoms with Crippen molar-refractivity contribution in [3.05, 3.63) is 65.5 Å². The number of fused-ring (bicyclic) bond motifs is 1. The summed E-state index contributed by atoms with van der Waals surface area (Å²) in [7, 11) is 0. The van der Waals surface area contributed by atoms with E-state index >= 15 is 0 Å². The molecule has 0 aliphatic carbocycles. The molecule has 1 atom stereocenters. The van der Waals surface area contributed by atoms with Crippen molar-refractivity contribution < 1.29 is 14.1 Å². The van der Waals surface area contributed by atoms with Gasteiger partial charge < -0.3 is 14.6 Å². The first kappa shape index (κ1) is 19.0. The van der Waals surface area contributed by atoms with E-state index in [-0.39, 0.29) is 12.3 Å². The summed E-state index contributed by atoms with van der Waals surface area (Å²) in [5.74, 6) is 2.86. The number of carbonyl (C=O) groups excluding carboxylic acids is 1. The van der Waals surface area contributed by atoms with Crippen molar-refractivity contribution >= 4 is 28.4 Å². The van der Waals surface area contributed by atoms with Crippen LogP contribution >= 0.6 is 11.8 Å². The number of thioether (sulfide) groups is 1. The molecule has 1 amide bonds. The Labute approximate surface area is 168 Å². The van der Waals surface area contributed by atoms with Crippen LogP contribution < -0.4 is 5.32 Å². The summed E-state index contributed by atoms with van der Waals surface area (Å²) >= 11 is 1.78. The maximum Gasteiger partial charge on any atom is 0.226 e. The highest BCUT2D eigenvalue weighted by atomic mass is 32.2. The van der Waals surface area contributed by atoms with Gasteiger partial charge in [0.2, 0.25) is 5.91 Å². The third kappa shape index (κ3) is 5.14. The Kier molecular flexibility index (Phi) is 6.29. The van der Waals surface area contributed by atoms with Gasteiger partial charge in [0.05, 0.1) is 24.5 Å². The molecule has 1 aliphatic rings. The van der Waals surface area contributed by atoms with E-state index in [2.05, 4.69) is 52.9 Å². The number of rotatable bonds is 8. The minimum absolute atomic E-state index is 0.0180. The van der Waals surface area contributed by atoms with Crippen LogP contribution in [0.2, 0.25) is 0 Å². The summed E-state index contributed by atoms with van der Waals surface area (Å²) in [6.07, 6.45) is 1.27. The predicted octanol–water partition coefficient (Wildman–Crippen LogP) is 3.96. The molecule has 2 aromatic carbocycles. The van der Waals surface area contributed by atoms with Crippen molar-refractivity contribution in [3.8, 4) is 0 Å². The second kappa shape index (κ2) is 9.26. The Balaban J connectivity index is 1.22. The molecule has 2 heterocycles. The minimum Gasteiger partial charge on any atom is -0.381 e. The van der Waals surface area contributed by atoms with Crippen molar-refractivity contribution in [1.82, 2.24) is 10.5 Å². The molecule has 3 aromatic rings. The number of ether oxygens (including phenoxy) is 1. The SMILES string of the molecule is O=C(Cc1cc(CSCc2ccc3ccccc3c2)on1)NCC1CCOC1. The molecule has 1 aromatic heterocycles. The zero-order chi connectivity index (χ0) is 19.2. The van der Waals surface area contributed by atoms with Gasteiger partial charge in [-0.15, -0.1) is 11.8 Å². The van der Waals surface area contributed by atoms with Crippen LogP contribution in [-0.4, -0.2) is 30.8 Å². The topological polar surface area (TPSA) is 64.4 Å². The molecular formula is C22H24N2O3S. The predicted molar refractivity (Wildman–Crippen MR) is 111 cm³/mol. The van der Waals surface area contributed by atoms with Gasteiger partial charge >= 0.3 is 0 Å². The van der Waals surface area contributed by atoms with Gasteiger partial charge in [0, 0.05) is 30.9 Å². The highest BCUT2D eigenvalue weighted by molar-refractivity contribution is 7.97. The highest BCUT2D eigenvalue weighted by Gasteiger charge is 2.17. The first-order chi connectivity index (χ1) is 13.8. The molecule has 5 nitrogen and oxygen atoms in total. The van der Waals surface area contributed by atoms with Crippen molar-refractivity contribution in [3.63, 3.8) is 0 Å². The number of benzene rings is 2. The molecular weight excluding hydrogens is 372 g/mol. The fourth-order valence-electron chi connectivity index (χ4n) is 3.33. The Bertz CT molecular complexity index is 934. The highest BCUT2D eigenvalue weighted by Crippen LogP contribution is 2.22. The zero-order valence-corrected chi connectivity index (χ0v) is 16.5. The van der Waals surface area contributed by atoms with E-state index in [0.29, 0.717) is 18.2 Å². The first-order valence-electron chi connectivity index (χ1n) is 9.60. The van der Waals surface area contributed by atoms with Crippen molar-refractivity contribution in [2.45, 2.75) is 24.3 Å². The van der Waals surface area contributed by atoms with Crippen molar-refractivity contribution in [1.29, 1.82) is 0 Å². The van der Waals surface area contributed by atoms with Gasteiger partial charge in [-0.1, -0.05) is 47.6 Å². The third-order valence-electron chi connectivity index (χ3n) is 4.89. The number of amides is 1. The molecule has 1 aliphatic heterocycles. The van der Waals surface area contributed by atoms with Gasteiger partial charge in [-0.05, 0) is 22.8 Å². The Morgan fingerprint density at radius 3 is 2.89 bits per heavy atom. The molecule has 1 saturated heterocycles. The van der Waals surface area contributed by atoms with Crippen LogP contribution in [0.15, 0.2) is 53.1 Å². The third-order valence-corrected chi connectivity index (χ3v) is 5.91. The summed E-state index contributed by atoms with van der Waals surface area (Å²) in [5, 5.41) is 9.51. The molecule has 1 fully saturated rings. The quantitative estimate of drug-likeness (QED) is 0.624. The average Bonchev–Trinajstić information content (AvgIpc) is 3.38. The number of carbonyl (C=O) groups is 1.